The van der Waals surface area contributed by atoms with Crippen LogP contribution >= 0.6 is 15.9 Å². The second-order valence-corrected chi connectivity index (χ2v) is 6.09. The van der Waals surface area contributed by atoms with Crippen LogP contribution in [0.25, 0.3) is 0 Å². The molecule has 1 aliphatic heterocycles. The van der Waals surface area contributed by atoms with Crippen molar-refractivity contribution in [3.63, 3.8) is 0 Å². The van der Waals surface area contributed by atoms with Crippen LogP contribution in [0.15, 0.2) is 22.7 Å². The summed E-state index contributed by atoms with van der Waals surface area (Å²) in [5.41, 5.74) is 7.24. The monoisotopic (exact) mass is 324 g/mol. The molecule has 4 nitrogen and oxygen atoms in total. The van der Waals surface area contributed by atoms with Gasteiger partial charge in [-0.2, -0.15) is 0 Å². The highest BCUT2D eigenvalue weighted by atomic mass is 79.9. The van der Waals surface area contributed by atoms with Crippen molar-refractivity contribution < 1.29 is 9.53 Å². The van der Waals surface area contributed by atoms with E-state index >= 15 is 0 Å². The molecule has 5 heteroatoms. The fourth-order valence-electron chi connectivity index (χ4n) is 2.82. The van der Waals surface area contributed by atoms with E-state index in [1.54, 1.807) is 7.11 Å². The Morgan fingerprint density at radius 2 is 2.16 bits per heavy atom. The van der Waals surface area contributed by atoms with Crippen molar-refractivity contribution in [2.75, 3.05) is 7.11 Å². The van der Waals surface area contributed by atoms with Crippen LogP contribution < -0.4 is 10.5 Å². The molecule has 2 atom stereocenters. The molecule has 2 fully saturated rings. The van der Waals surface area contributed by atoms with Crippen LogP contribution in [0.1, 0.15) is 30.9 Å². The average molecular weight is 325 g/mol. The van der Waals surface area contributed by atoms with Gasteiger partial charge in [0.2, 0.25) is 5.91 Å². The predicted molar refractivity (Wildman–Crippen MR) is 75.9 cm³/mol. The molecule has 1 heterocycles. The van der Waals surface area contributed by atoms with E-state index in [1.807, 2.05) is 23.1 Å². The molecule has 102 valence electrons. The molecule has 1 aromatic carbocycles. The van der Waals surface area contributed by atoms with Crippen molar-refractivity contribution in [1.82, 2.24) is 4.90 Å². The summed E-state index contributed by atoms with van der Waals surface area (Å²) in [7, 11) is 1.64. The molecule has 0 spiro atoms. The van der Waals surface area contributed by atoms with Crippen LogP contribution in [0.2, 0.25) is 0 Å². The van der Waals surface area contributed by atoms with Gasteiger partial charge in [0.05, 0.1) is 13.2 Å². The number of nitrogens with two attached hydrogens (primary N) is 1. The lowest BCUT2D eigenvalue weighted by molar-refractivity contribution is -0.129. The van der Waals surface area contributed by atoms with Gasteiger partial charge >= 0.3 is 0 Å². The van der Waals surface area contributed by atoms with Crippen LogP contribution in [0.3, 0.4) is 0 Å². The van der Waals surface area contributed by atoms with Crippen molar-refractivity contribution in [1.29, 1.82) is 0 Å². The van der Waals surface area contributed by atoms with E-state index < -0.39 is 0 Å². The van der Waals surface area contributed by atoms with Crippen LogP contribution in [-0.2, 0) is 4.79 Å². The van der Waals surface area contributed by atoms with E-state index in [-0.39, 0.29) is 18.0 Å². The molecular weight excluding hydrogens is 308 g/mol. The highest BCUT2D eigenvalue weighted by Gasteiger charge is 2.46. The molecule has 2 aliphatic rings. The van der Waals surface area contributed by atoms with E-state index in [4.69, 9.17) is 10.5 Å². The smallest absolute Gasteiger partial charge is 0.225 e. The molecule has 1 aromatic rings. The number of methoxy groups -OCH3 is 1. The number of ether oxygens (including phenoxy) is 1. The van der Waals surface area contributed by atoms with Crippen molar-refractivity contribution in [2.45, 2.75) is 37.4 Å². The van der Waals surface area contributed by atoms with Crippen LogP contribution in [-0.4, -0.2) is 30.0 Å². The van der Waals surface area contributed by atoms with Crippen molar-refractivity contribution in [3.8, 4) is 5.75 Å². The van der Waals surface area contributed by atoms with E-state index in [1.165, 1.54) is 0 Å². The molecule has 1 saturated heterocycles. The first-order valence-electron chi connectivity index (χ1n) is 6.52. The van der Waals surface area contributed by atoms with Gasteiger partial charge in [0.25, 0.3) is 0 Å². The Labute approximate surface area is 121 Å². The highest BCUT2D eigenvalue weighted by Crippen LogP contribution is 2.43. The summed E-state index contributed by atoms with van der Waals surface area (Å²) in [6.45, 7) is 0. The lowest BCUT2D eigenvalue weighted by Gasteiger charge is -2.28. The topological polar surface area (TPSA) is 55.6 Å². The summed E-state index contributed by atoms with van der Waals surface area (Å²) >= 11 is 3.57. The summed E-state index contributed by atoms with van der Waals surface area (Å²) < 4.78 is 6.26. The van der Waals surface area contributed by atoms with Gasteiger partial charge in [-0.25, -0.2) is 0 Å². The molecule has 2 N–H and O–H groups in total. The molecule has 0 radical (unpaired) electrons. The summed E-state index contributed by atoms with van der Waals surface area (Å²) in [6, 6.07) is 6.03. The molecular formula is C14H17BrN2O2. The van der Waals surface area contributed by atoms with Crippen molar-refractivity contribution >= 4 is 21.8 Å². The number of likely N-dealkylation sites (tertiary alicyclic amines) is 1. The third kappa shape index (κ3) is 2.25. The van der Waals surface area contributed by atoms with Gasteiger partial charge in [-0.3, -0.25) is 4.79 Å². The van der Waals surface area contributed by atoms with Crippen LogP contribution in [0.4, 0.5) is 0 Å². The lowest BCUT2D eigenvalue weighted by atomic mass is 10.0. The first-order valence-corrected chi connectivity index (χ1v) is 7.31. The molecule has 1 aliphatic carbocycles. The molecule has 3 rings (SSSR count). The summed E-state index contributed by atoms with van der Waals surface area (Å²) in [5, 5.41) is 0. The molecule has 19 heavy (non-hydrogen) atoms. The third-order valence-corrected chi connectivity index (χ3v) is 4.59. The van der Waals surface area contributed by atoms with Gasteiger partial charge in [0.15, 0.2) is 0 Å². The second kappa shape index (κ2) is 4.80. The quantitative estimate of drug-likeness (QED) is 0.927. The number of hydrogen-bond donors (Lipinski definition) is 1. The minimum absolute atomic E-state index is 0.0375. The number of halogens is 1. The van der Waals surface area contributed by atoms with Crippen LogP contribution in [0, 0.1) is 0 Å². The zero-order chi connectivity index (χ0) is 13.6. The Kier molecular flexibility index (Phi) is 3.27. The average Bonchev–Trinajstić information content (AvgIpc) is 3.16. The fourth-order valence-corrected chi connectivity index (χ4v) is 3.30. The number of rotatable bonds is 3. The van der Waals surface area contributed by atoms with E-state index in [2.05, 4.69) is 15.9 Å². The number of nitrogens with zero attached hydrogens (tertiary/aromatic N) is 1. The molecule has 1 saturated carbocycles. The SMILES string of the molecule is COc1ccc(Br)c(C2C(N)CC(=O)N2C2CC2)c1. The van der Waals surface area contributed by atoms with Crippen LogP contribution in [0.5, 0.6) is 5.75 Å². The summed E-state index contributed by atoms with van der Waals surface area (Å²) in [4.78, 5) is 14.1. The van der Waals surface area contributed by atoms with Crippen molar-refractivity contribution in [3.05, 3.63) is 28.2 Å². The van der Waals surface area contributed by atoms with E-state index in [0.717, 1.165) is 28.6 Å². The van der Waals surface area contributed by atoms with Gasteiger partial charge in [-0.1, -0.05) is 15.9 Å². The van der Waals surface area contributed by atoms with Gasteiger partial charge in [0, 0.05) is 23.0 Å². The van der Waals surface area contributed by atoms with E-state index in [9.17, 15) is 4.79 Å². The van der Waals surface area contributed by atoms with Crippen molar-refractivity contribution in [2.24, 2.45) is 5.73 Å². The zero-order valence-electron chi connectivity index (χ0n) is 10.8. The summed E-state index contributed by atoms with van der Waals surface area (Å²) in [5.74, 6) is 0.968. The first kappa shape index (κ1) is 12.9. The number of benzene rings is 1. The Morgan fingerprint density at radius 1 is 1.42 bits per heavy atom. The maximum absolute atomic E-state index is 12.1. The minimum atomic E-state index is -0.142. The Bertz CT molecular complexity index is 516. The Morgan fingerprint density at radius 3 is 2.79 bits per heavy atom. The number of hydrogen-bond acceptors (Lipinski definition) is 3. The van der Waals surface area contributed by atoms with Gasteiger partial charge in [-0.15, -0.1) is 0 Å². The Balaban J connectivity index is 2.01. The number of carbonyl (C=O) groups is 1. The van der Waals surface area contributed by atoms with Gasteiger partial charge in [0.1, 0.15) is 5.75 Å². The number of carbonyl (C=O) groups excluding carboxylic acids is 1. The maximum atomic E-state index is 12.1. The number of amides is 1. The molecule has 1 amide bonds. The second-order valence-electron chi connectivity index (χ2n) is 5.23. The normalized spacial score (nSPS) is 26.9. The minimum Gasteiger partial charge on any atom is -0.497 e. The zero-order valence-corrected chi connectivity index (χ0v) is 12.4. The lowest BCUT2D eigenvalue weighted by Crippen LogP contribution is -2.34. The van der Waals surface area contributed by atoms with Gasteiger partial charge in [-0.05, 0) is 36.6 Å². The maximum Gasteiger partial charge on any atom is 0.225 e. The largest absolute Gasteiger partial charge is 0.497 e. The molecule has 0 bridgehead atoms. The fraction of sp³-hybridized carbons (Fsp3) is 0.500. The highest BCUT2D eigenvalue weighted by molar-refractivity contribution is 9.10. The van der Waals surface area contributed by atoms with Gasteiger partial charge < -0.3 is 15.4 Å². The predicted octanol–water partition coefficient (Wildman–Crippen LogP) is 2.22. The van der Waals surface area contributed by atoms with E-state index in [0.29, 0.717) is 12.5 Å². The summed E-state index contributed by atoms with van der Waals surface area (Å²) in [6.07, 6.45) is 2.62. The first-order chi connectivity index (χ1) is 9.11. The molecule has 0 aromatic heterocycles. The molecule has 2 unspecified atom stereocenters. The standard InChI is InChI=1S/C14H17BrN2O2/c1-19-9-4-5-11(15)10(6-9)14-12(16)7-13(18)17(14)8-2-3-8/h4-6,8,12,14H,2-3,7,16H2,1H3. The Hall–Kier alpha value is -1.07. The third-order valence-electron chi connectivity index (χ3n) is 3.87.